The van der Waals surface area contributed by atoms with Crippen molar-refractivity contribution in [3.8, 4) is 6.07 Å². The topological polar surface area (TPSA) is 64.8 Å². The molecule has 1 aromatic heterocycles. The molecule has 0 radical (unpaired) electrons. The number of anilines is 1. The molecule has 1 atom stereocenters. The van der Waals surface area contributed by atoms with Crippen LogP contribution >= 0.6 is 0 Å². The number of hydrogen-bond donors (Lipinski definition) is 1. The highest BCUT2D eigenvalue weighted by Gasteiger charge is 2.20. The monoisotopic (exact) mass is 293 g/mol. The molecule has 22 heavy (non-hydrogen) atoms. The van der Waals surface area contributed by atoms with Crippen molar-refractivity contribution in [2.45, 2.75) is 25.4 Å². The summed E-state index contributed by atoms with van der Waals surface area (Å²) in [6.45, 7) is 2.97. The lowest BCUT2D eigenvalue weighted by atomic mass is 10.0. The Bertz CT molecular complexity index is 650. The first-order valence-electron chi connectivity index (χ1n) is 7.57. The third-order valence-corrected chi connectivity index (χ3v) is 3.90. The largest absolute Gasteiger partial charge is 0.366 e. The Labute approximate surface area is 130 Å². The van der Waals surface area contributed by atoms with Gasteiger partial charge in [-0.3, -0.25) is 4.90 Å². The summed E-state index contributed by atoms with van der Waals surface area (Å²) in [7, 11) is 0. The third-order valence-electron chi connectivity index (χ3n) is 3.90. The highest BCUT2D eigenvalue weighted by Crippen LogP contribution is 2.17. The quantitative estimate of drug-likeness (QED) is 0.938. The van der Waals surface area contributed by atoms with Crippen molar-refractivity contribution in [3.63, 3.8) is 0 Å². The number of piperidine rings is 1. The summed E-state index contributed by atoms with van der Waals surface area (Å²) >= 11 is 0. The molecule has 0 aliphatic carbocycles. The molecule has 0 bridgehead atoms. The van der Waals surface area contributed by atoms with Crippen LogP contribution < -0.4 is 5.32 Å². The van der Waals surface area contributed by atoms with Gasteiger partial charge in [-0.05, 0) is 43.1 Å². The minimum absolute atomic E-state index is 0.405. The van der Waals surface area contributed by atoms with Crippen molar-refractivity contribution < 1.29 is 0 Å². The smallest absolute Gasteiger partial charge is 0.129 e. The summed E-state index contributed by atoms with van der Waals surface area (Å²) in [5.74, 6) is 0.883. The summed E-state index contributed by atoms with van der Waals surface area (Å²) in [6.07, 6.45) is 5.64. The first kappa shape index (κ1) is 14.5. The number of aromatic nitrogens is 2. The van der Waals surface area contributed by atoms with Gasteiger partial charge in [0.1, 0.15) is 12.1 Å². The molecule has 3 rings (SSSR count). The molecule has 1 aliphatic heterocycles. The summed E-state index contributed by atoms with van der Waals surface area (Å²) in [6, 6.07) is 12.4. The maximum atomic E-state index is 8.99. The van der Waals surface area contributed by atoms with Gasteiger partial charge in [0.2, 0.25) is 0 Å². The zero-order valence-electron chi connectivity index (χ0n) is 12.4. The highest BCUT2D eigenvalue weighted by molar-refractivity contribution is 5.34. The lowest BCUT2D eigenvalue weighted by molar-refractivity contribution is 0.208. The number of benzene rings is 1. The van der Waals surface area contributed by atoms with Gasteiger partial charge in [-0.15, -0.1) is 0 Å². The molecule has 1 unspecified atom stereocenters. The molecule has 112 valence electrons. The van der Waals surface area contributed by atoms with Gasteiger partial charge in [0.05, 0.1) is 11.6 Å². The molecule has 0 saturated carbocycles. The zero-order valence-corrected chi connectivity index (χ0v) is 12.4. The third kappa shape index (κ3) is 3.80. The molecule has 5 nitrogen and oxygen atoms in total. The molecular formula is C17H19N5. The first-order chi connectivity index (χ1) is 10.8. The number of nitriles is 1. The summed E-state index contributed by atoms with van der Waals surface area (Å²) in [5.41, 5.74) is 1.92. The fourth-order valence-electron chi connectivity index (χ4n) is 2.90. The normalized spacial score (nSPS) is 18.6. The molecule has 2 aromatic rings. The molecule has 0 spiro atoms. The van der Waals surface area contributed by atoms with Crippen molar-refractivity contribution in [3.05, 3.63) is 54.0 Å². The second kappa shape index (κ2) is 7.01. The Morgan fingerprint density at radius 1 is 1.36 bits per heavy atom. The molecule has 5 heteroatoms. The number of hydrogen-bond acceptors (Lipinski definition) is 5. The van der Waals surface area contributed by atoms with Gasteiger partial charge in [0.15, 0.2) is 0 Å². The van der Waals surface area contributed by atoms with Crippen molar-refractivity contribution in [2.75, 3.05) is 18.4 Å². The second-order valence-corrected chi connectivity index (χ2v) is 5.63. The van der Waals surface area contributed by atoms with Gasteiger partial charge < -0.3 is 5.32 Å². The number of rotatable bonds is 4. The van der Waals surface area contributed by atoms with Crippen LogP contribution in [-0.2, 0) is 6.54 Å². The maximum Gasteiger partial charge on any atom is 0.129 e. The van der Waals surface area contributed by atoms with Gasteiger partial charge in [-0.2, -0.15) is 5.26 Å². The van der Waals surface area contributed by atoms with E-state index in [1.807, 2.05) is 24.3 Å². The van der Waals surface area contributed by atoms with E-state index in [0.717, 1.165) is 37.4 Å². The molecule has 0 amide bonds. The van der Waals surface area contributed by atoms with Crippen LogP contribution in [0.15, 0.2) is 42.9 Å². The second-order valence-electron chi connectivity index (χ2n) is 5.63. The molecule has 1 N–H and O–H groups in total. The highest BCUT2D eigenvalue weighted by atomic mass is 15.2. The standard InChI is InChI=1S/C17H19N5/c18-10-14-3-1-4-15(9-14)11-22-8-2-5-16(12-22)21-17-6-7-19-13-20-17/h1,3-4,6-7,9,13,16H,2,5,8,11-12H2,(H,19,20,21). The average Bonchev–Trinajstić information content (AvgIpc) is 2.56. The molecule has 2 heterocycles. The first-order valence-corrected chi connectivity index (χ1v) is 7.57. The van der Waals surface area contributed by atoms with E-state index in [0.29, 0.717) is 6.04 Å². The van der Waals surface area contributed by atoms with Crippen LogP contribution in [0.2, 0.25) is 0 Å². The van der Waals surface area contributed by atoms with Gasteiger partial charge in [0.25, 0.3) is 0 Å². The van der Waals surface area contributed by atoms with Gasteiger partial charge in [0, 0.05) is 25.3 Å². The van der Waals surface area contributed by atoms with Crippen molar-refractivity contribution in [2.24, 2.45) is 0 Å². The Hall–Kier alpha value is -2.45. The van der Waals surface area contributed by atoms with Crippen molar-refractivity contribution in [1.29, 1.82) is 5.26 Å². The Morgan fingerprint density at radius 3 is 3.14 bits per heavy atom. The molecule has 1 saturated heterocycles. The average molecular weight is 293 g/mol. The van der Waals surface area contributed by atoms with Crippen LogP contribution in [-0.4, -0.2) is 34.0 Å². The molecule has 1 fully saturated rings. The molecule has 1 aromatic carbocycles. The van der Waals surface area contributed by atoms with Crippen LogP contribution in [0.4, 0.5) is 5.82 Å². The summed E-state index contributed by atoms with van der Waals surface area (Å²) in [4.78, 5) is 10.6. The van der Waals surface area contributed by atoms with Crippen LogP contribution in [0.1, 0.15) is 24.0 Å². The van der Waals surface area contributed by atoms with E-state index in [4.69, 9.17) is 5.26 Å². The summed E-state index contributed by atoms with van der Waals surface area (Å²) < 4.78 is 0. The number of nitrogens with one attached hydrogen (secondary N) is 1. The van der Waals surface area contributed by atoms with Crippen LogP contribution in [0.5, 0.6) is 0 Å². The maximum absolute atomic E-state index is 8.99. The minimum Gasteiger partial charge on any atom is -0.366 e. The van der Waals surface area contributed by atoms with E-state index in [1.54, 1.807) is 12.5 Å². The number of likely N-dealkylation sites (tertiary alicyclic amines) is 1. The number of nitrogens with zero attached hydrogens (tertiary/aromatic N) is 4. The minimum atomic E-state index is 0.405. The van der Waals surface area contributed by atoms with E-state index in [2.05, 4.69) is 32.3 Å². The van der Waals surface area contributed by atoms with Crippen LogP contribution in [0, 0.1) is 11.3 Å². The van der Waals surface area contributed by atoms with Gasteiger partial charge in [-0.1, -0.05) is 12.1 Å². The van der Waals surface area contributed by atoms with E-state index in [-0.39, 0.29) is 0 Å². The Kier molecular flexibility index (Phi) is 4.62. The Balaban J connectivity index is 1.59. The lowest BCUT2D eigenvalue weighted by Crippen LogP contribution is -2.41. The Morgan fingerprint density at radius 2 is 2.32 bits per heavy atom. The fraction of sp³-hybridized carbons (Fsp3) is 0.353. The van der Waals surface area contributed by atoms with E-state index in [9.17, 15) is 0 Å². The lowest BCUT2D eigenvalue weighted by Gasteiger charge is -2.33. The van der Waals surface area contributed by atoms with E-state index < -0.39 is 0 Å². The van der Waals surface area contributed by atoms with Crippen molar-refractivity contribution in [1.82, 2.24) is 14.9 Å². The van der Waals surface area contributed by atoms with Crippen LogP contribution in [0.25, 0.3) is 0 Å². The SMILES string of the molecule is N#Cc1cccc(CN2CCCC(Nc3ccncn3)C2)c1. The van der Waals surface area contributed by atoms with Gasteiger partial charge >= 0.3 is 0 Å². The predicted octanol–water partition coefficient (Wildman–Crippen LogP) is 2.42. The molecule has 1 aliphatic rings. The van der Waals surface area contributed by atoms with Crippen LogP contribution in [0.3, 0.4) is 0 Å². The van der Waals surface area contributed by atoms with Crippen molar-refractivity contribution >= 4 is 5.82 Å². The zero-order chi connectivity index (χ0) is 15.2. The molecular weight excluding hydrogens is 274 g/mol. The summed E-state index contributed by atoms with van der Waals surface area (Å²) in [5, 5.41) is 12.5. The fourth-order valence-corrected chi connectivity index (χ4v) is 2.90. The van der Waals surface area contributed by atoms with Gasteiger partial charge in [-0.25, -0.2) is 9.97 Å². The predicted molar refractivity (Wildman–Crippen MR) is 85.1 cm³/mol. The van der Waals surface area contributed by atoms with E-state index in [1.165, 1.54) is 12.0 Å². The van der Waals surface area contributed by atoms with E-state index >= 15 is 0 Å².